The fourth-order valence-corrected chi connectivity index (χ4v) is 1.49. The molecule has 0 amide bonds. The zero-order chi connectivity index (χ0) is 11.5. The lowest BCUT2D eigenvalue weighted by molar-refractivity contribution is 0.141. The van der Waals surface area contributed by atoms with E-state index in [9.17, 15) is 5.11 Å². The van der Waals surface area contributed by atoms with E-state index in [1.54, 1.807) is 18.5 Å². The Hall–Kier alpha value is -1.31. The molecule has 0 fully saturated rings. The van der Waals surface area contributed by atoms with E-state index in [1.165, 1.54) is 0 Å². The van der Waals surface area contributed by atoms with Crippen molar-refractivity contribution in [1.29, 1.82) is 0 Å². The summed E-state index contributed by atoms with van der Waals surface area (Å²) in [6.07, 6.45) is 2.33. The van der Waals surface area contributed by atoms with E-state index in [0.717, 1.165) is 4.47 Å². The second-order valence-electron chi connectivity index (χ2n) is 3.10. The van der Waals surface area contributed by atoms with E-state index in [2.05, 4.69) is 31.1 Å². The molecule has 0 saturated heterocycles. The fraction of sp³-hybridized carbons (Fsp3) is 0.222. The number of halogens is 1. The molecule has 0 aliphatic rings. The lowest BCUT2D eigenvalue weighted by atomic mass is 10.3. The zero-order valence-electron chi connectivity index (χ0n) is 8.17. The minimum atomic E-state index is -0.929. The molecule has 84 valence electrons. The van der Waals surface area contributed by atoms with Gasteiger partial charge in [0.1, 0.15) is 6.10 Å². The van der Waals surface area contributed by atoms with Crippen molar-refractivity contribution in [3.8, 4) is 11.4 Å². The largest absolute Gasteiger partial charge is 0.382 e. The van der Waals surface area contributed by atoms with Crippen LogP contribution in [0.3, 0.4) is 0 Å². The molecule has 0 aliphatic heterocycles. The van der Waals surface area contributed by atoms with Gasteiger partial charge in [0.2, 0.25) is 5.82 Å². The lowest BCUT2D eigenvalue weighted by Crippen LogP contribution is -2.11. The quantitative estimate of drug-likeness (QED) is 0.869. The molecule has 7 heteroatoms. The first-order valence-electron chi connectivity index (χ1n) is 4.53. The first kappa shape index (κ1) is 11.2. The first-order valence-corrected chi connectivity index (χ1v) is 5.32. The summed E-state index contributed by atoms with van der Waals surface area (Å²) in [5, 5.41) is 13.1. The molecule has 0 aromatic carbocycles. The maximum absolute atomic E-state index is 9.40. The van der Waals surface area contributed by atoms with Crippen LogP contribution in [0, 0.1) is 0 Å². The van der Waals surface area contributed by atoms with Crippen LogP contribution in [0.1, 0.15) is 12.0 Å². The van der Waals surface area contributed by atoms with Gasteiger partial charge in [0.25, 0.3) is 5.89 Å². The van der Waals surface area contributed by atoms with Gasteiger partial charge in [-0.25, -0.2) is 0 Å². The molecule has 1 unspecified atom stereocenters. The Morgan fingerprint density at radius 3 is 3.00 bits per heavy atom. The number of hydrogen-bond acceptors (Lipinski definition) is 6. The van der Waals surface area contributed by atoms with Gasteiger partial charge in [-0.2, -0.15) is 4.98 Å². The maximum atomic E-state index is 9.40. The predicted molar refractivity (Wildman–Crippen MR) is 59.2 cm³/mol. The van der Waals surface area contributed by atoms with Gasteiger partial charge in [0, 0.05) is 29.0 Å². The third kappa shape index (κ3) is 2.26. The van der Waals surface area contributed by atoms with Crippen LogP contribution in [-0.4, -0.2) is 26.8 Å². The van der Waals surface area contributed by atoms with Crippen LogP contribution in [0.4, 0.5) is 0 Å². The molecule has 2 heterocycles. The number of hydrogen-bond donors (Lipinski definition) is 2. The van der Waals surface area contributed by atoms with Crippen molar-refractivity contribution in [2.75, 3.05) is 6.54 Å². The second kappa shape index (κ2) is 4.69. The Balaban J connectivity index is 2.31. The molecule has 16 heavy (non-hydrogen) atoms. The van der Waals surface area contributed by atoms with Crippen LogP contribution in [-0.2, 0) is 0 Å². The lowest BCUT2D eigenvalue weighted by Gasteiger charge is -1.98. The topological polar surface area (TPSA) is 98.1 Å². The van der Waals surface area contributed by atoms with Gasteiger partial charge >= 0.3 is 0 Å². The molecule has 0 spiro atoms. The average Bonchev–Trinajstić information content (AvgIpc) is 2.77. The normalized spacial score (nSPS) is 12.7. The Morgan fingerprint density at radius 1 is 1.50 bits per heavy atom. The van der Waals surface area contributed by atoms with Crippen molar-refractivity contribution in [3.63, 3.8) is 0 Å². The summed E-state index contributed by atoms with van der Waals surface area (Å²) in [5.74, 6) is 0.480. The summed E-state index contributed by atoms with van der Waals surface area (Å²) in [6, 6.07) is 1.80. The SMILES string of the molecule is NCC(O)c1nc(-c2cncc(Br)c2)no1. The molecular weight excluding hydrogens is 276 g/mol. The Kier molecular flexibility index (Phi) is 3.28. The van der Waals surface area contributed by atoms with Crippen LogP contribution < -0.4 is 5.73 Å². The van der Waals surface area contributed by atoms with Gasteiger partial charge in [-0.1, -0.05) is 5.16 Å². The molecule has 2 aromatic heterocycles. The number of rotatable bonds is 3. The van der Waals surface area contributed by atoms with E-state index in [0.29, 0.717) is 11.4 Å². The molecule has 0 bridgehead atoms. The first-order chi connectivity index (χ1) is 7.70. The monoisotopic (exact) mass is 284 g/mol. The summed E-state index contributed by atoms with van der Waals surface area (Å²) in [6.45, 7) is 0.0400. The number of aromatic nitrogens is 3. The number of nitrogens with two attached hydrogens (primary N) is 1. The summed E-state index contributed by atoms with van der Waals surface area (Å²) >= 11 is 3.29. The van der Waals surface area contributed by atoms with Crippen molar-refractivity contribution < 1.29 is 9.63 Å². The molecule has 0 radical (unpaired) electrons. The van der Waals surface area contributed by atoms with Crippen LogP contribution in [0.5, 0.6) is 0 Å². The summed E-state index contributed by atoms with van der Waals surface area (Å²) in [5.41, 5.74) is 5.98. The zero-order valence-corrected chi connectivity index (χ0v) is 9.75. The van der Waals surface area contributed by atoms with E-state index < -0.39 is 6.10 Å². The van der Waals surface area contributed by atoms with Gasteiger partial charge < -0.3 is 15.4 Å². The van der Waals surface area contributed by atoms with Gasteiger partial charge in [0.05, 0.1) is 0 Å². The fourth-order valence-electron chi connectivity index (χ4n) is 1.12. The smallest absolute Gasteiger partial charge is 0.257 e. The number of aliphatic hydroxyl groups excluding tert-OH is 1. The predicted octanol–water partition coefficient (Wildman–Crippen LogP) is 0.886. The third-order valence-electron chi connectivity index (χ3n) is 1.91. The van der Waals surface area contributed by atoms with Crippen molar-refractivity contribution in [2.45, 2.75) is 6.10 Å². The molecule has 3 N–H and O–H groups in total. The summed E-state index contributed by atoms with van der Waals surface area (Å²) in [7, 11) is 0. The highest BCUT2D eigenvalue weighted by atomic mass is 79.9. The minimum Gasteiger partial charge on any atom is -0.382 e. The van der Waals surface area contributed by atoms with E-state index in [-0.39, 0.29) is 12.4 Å². The van der Waals surface area contributed by atoms with Crippen molar-refractivity contribution in [1.82, 2.24) is 15.1 Å². The number of pyridine rings is 1. The molecule has 0 aliphatic carbocycles. The highest BCUT2D eigenvalue weighted by Crippen LogP contribution is 2.20. The molecular formula is C9H9BrN4O2. The van der Waals surface area contributed by atoms with Crippen LogP contribution in [0.2, 0.25) is 0 Å². The molecule has 2 aromatic rings. The van der Waals surface area contributed by atoms with Gasteiger partial charge in [-0.15, -0.1) is 0 Å². The Bertz CT molecular complexity index is 488. The third-order valence-corrected chi connectivity index (χ3v) is 2.35. The molecule has 2 rings (SSSR count). The number of aliphatic hydroxyl groups is 1. The van der Waals surface area contributed by atoms with Gasteiger partial charge in [0.15, 0.2) is 0 Å². The Morgan fingerprint density at radius 2 is 2.31 bits per heavy atom. The van der Waals surface area contributed by atoms with Crippen molar-refractivity contribution in [2.24, 2.45) is 5.73 Å². The van der Waals surface area contributed by atoms with Crippen molar-refractivity contribution in [3.05, 3.63) is 28.8 Å². The summed E-state index contributed by atoms with van der Waals surface area (Å²) in [4.78, 5) is 8.00. The maximum Gasteiger partial charge on any atom is 0.257 e. The summed E-state index contributed by atoms with van der Waals surface area (Å²) < 4.78 is 5.69. The molecule has 6 nitrogen and oxygen atoms in total. The number of nitrogens with zero attached hydrogens (tertiary/aromatic N) is 3. The highest BCUT2D eigenvalue weighted by Gasteiger charge is 2.15. The minimum absolute atomic E-state index is 0.0400. The Labute approximate surface area is 99.6 Å². The molecule has 1 atom stereocenters. The van der Waals surface area contributed by atoms with E-state index >= 15 is 0 Å². The van der Waals surface area contributed by atoms with E-state index in [4.69, 9.17) is 10.3 Å². The van der Waals surface area contributed by atoms with Gasteiger partial charge in [-0.05, 0) is 22.0 Å². The van der Waals surface area contributed by atoms with E-state index in [1.807, 2.05) is 0 Å². The molecule has 0 saturated carbocycles. The average molecular weight is 285 g/mol. The standard InChI is InChI=1S/C9H9BrN4O2/c10-6-1-5(3-12-4-6)8-13-9(16-14-8)7(15)2-11/h1,3-4,7,15H,2,11H2. The van der Waals surface area contributed by atoms with Crippen LogP contribution in [0.15, 0.2) is 27.5 Å². The van der Waals surface area contributed by atoms with Crippen LogP contribution in [0.25, 0.3) is 11.4 Å². The highest BCUT2D eigenvalue weighted by molar-refractivity contribution is 9.10. The van der Waals surface area contributed by atoms with Crippen molar-refractivity contribution >= 4 is 15.9 Å². The van der Waals surface area contributed by atoms with Gasteiger partial charge in [-0.3, -0.25) is 4.98 Å². The van der Waals surface area contributed by atoms with Crippen LogP contribution >= 0.6 is 15.9 Å². The second-order valence-corrected chi connectivity index (χ2v) is 4.02.